The largest absolute Gasteiger partial charge is 0.355 e. The van der Waals surface area contributed by atoms with Crippen LogP contribution in [-0.4, -0.2) is 4.98 Å². The van der Waals surface area contributed by atoms with E-state index in [4.69, 9.17) is 0 Å². The van der Waals surface area contributed by atoms with Gasteiger partial charge < -0.3 is 17.3 Å². The highest BCUT2D eigenvalue weighted by molar-refractivity contribution is 6.06. The summed E-state index contributed by atoms with van der Waals surface area (Å²) in [5, 5.41) is 2.61. The number of para-hydroxylation sites is 2. The van der Waals surface area contributed by atoms with E-state index in [1.807, 2.05) is 0 Å². The fraction of sp³-hybridized carbons (Fsp3) is 0. The number of fused-ring (bicyclic) bond motifs is 3. The van der Waals surface area contributed by atoms with Gasteiger partial charge in [0, 0.05) is 21.8 Å². The number of aromatic amines is 1. The lowest BCUT2D eigenvalue weighted by Crippen LogP contribution is -1.62. The monoisotopic (exact) mass is 201 g/mol. The minimum Gasteiger partial charge on any atom is -0.355 e. The Kier molecular flexibility index (Phi) is 3.09. The van der Waals surface area contributed by atoms with Crippen molar-refractivity contribution < 1.29 is 0 Å². The van der Waals surface area contributed by atoms with Crippen LogP contribution in [-0.2, 0) is 0 Å². The van der Waals surface area contributed by atoms with Gasteiger partial charge in [0.25, 0.3) is 0 Å². The van der Waals surface area contributed by atoms with Crippen molar-refractivity contribution >= 4 is 21.8 Å². The maximum absolute atomic E-state index is 3.38. The first kappa shape index (κ1) is 11.2. The van der Waals surface area contributed by atoms with Crippen molar-refractivity contribution in [3.8, 4) is 0 Å². The third-order valence-electron chi connectivity index (χ3n) is 2.41. The maximum Gasteiger partial charge on any atom is 0.0464 e. The van der Waals surface area contributed by atoms with E-state index in [1.54, 1.807) is 0 Å². The molecule has 3 aromatic rings. The van der Waals surface area contributed by atoms with Crippen molar-refractivity contribution in [3.05, 3.63) is 48.5 Å². The van der Waals surface area contributed by atoms with Gasteiger partial charge in [-0.1, -0.05) is 36.4 Å². The summed E-state index contributed by atoms with van der Waals surface area (Å²) < 4.78 is 0. The Morgan fingerprint density at radius 2 is 1.00 bits per heavy atom. The van der Waals surface area contributed by atoms with Crippen LogP contribution in [0.15, 0.2) is 48.5 Å². The first-order valence-corrected chi connectivity index (χ1v) is 4.40. The molecule has 0 saturated heterocycles. The highest BCUT2D eigenvalue weighted by Crippen LogP contribution is 2.24. The highest BCUT2D eigenvalue weighted by Gasteiger charge is 2.00. The molecule has 0 saturated carbocycles. The summed E-state index contributed by atoms with van der Waals surface area (Å²) in [4.78, 5) is 3.38. The molecular weight excluding hydrogens is 186 g/mol. The molecule has 78 valence electrons. The molecule has 0 bridgehead atoms. The molecule has 1 aromatic heterocycles. The maximum atomic E-state index is 3.38. The summed E-state index contributed by atoms with van der Waals surface area (Å²) in [5.74, 6) is 0. The number of aromatic nitrogens is 1. The SMILES string of the molecule is N.N.c1ccc2c(c1)[nH]c1ccccc12. The number of rotatable bonds is 0. The van der Waals surface area contributed by atoms with Crippen LogP contribution in [0.5, 0.6) is 0 Å². The zero-order valence-electron chi connectivity index (χ0n) is 8.53. The average Bonchev–Trinajstić information content (AvgIpc) is 2.56. The minimum absolute atomic E-state index is 0. The van der Waals surface area contributed by atoms with Gasteiger partial charge in [-0.25, -0.2) is 0 Å². The van der Waals surface area contributed by atoms with Crippen molar-refractivity contribution in [2.45, 2.75) is 0 Å². The van der Waals surface area contributed by atoms with E-state index >= 15 is 0 Å². The summed E-state index contributed by atoms with van der Waals surface area (Å²) in [5.41, 5.74) is 2.42. The lowest BCUT2D eigenvalue weighted by molar-refractivity contribution is 1.55. The lowest BCUT2D eigenvalue weighted by atomic mass is 10.2. The Labute approximate surface area is 88.3 Å². The van der Waals surface area contributed by atoms with Gasteiger partial charge in [0.05, 0.1) is 0 Å². The lowest BCUT2D eigenvalue weighted by Gasteiger charge is -1.87. The van der Waals surface area contributed by atoms with Crippen molar-refractivity contribution in [1.82, 2.24) is 17.3 Å². The molecule has 3 rings (SSSR count). The van der Waals surface area contributed by atoms with Crippen LogP contribution in [0.4, 0.5) is 0 Å². The van der Waals surface area contributed by atoms with Crippen LogP contribution in [0.1, 0.15) is 0 Å². The third-order valence-corrected chi connectivity index (χ3v) is 2.41. The Hall–Kier alpha value is -1.84. The molecule has 3 nitrogen and oxygen atoms in total. The molecule has 0 aliphatic carbocycles. The van der Waals surface area contributed by atoms with Crippen LogP contribution < -0.4 is 12.3 Å². The summed E-state index contributed by atoms with van der Waals surface area (Å²) >= 11 is 0. The number of hydrogen-bond acceptors (Lipinski definition) is 2. The molecule has 0 atom stereocenters. The van der Waals surface area contributed by atoms with Crippen LogP contribution in [0.2, 0.25) is 0 Å². The average molecular weight is 201 g/mol. The van der Waals surface area contributed by atoms with Crippen molar-refractivity contribution in [3.63, 3.8) is 0 Å². The molecular formula is C12H15N3. The van der Waals surface area contributed by atoms with Crippen LogP contribution in [0.3, 0.4) is 0 Å². The second-order valence-electron chi connectivity index (χ2n) is 3.22. The fourth-order valence-corrected chi connectivity index (χ4v) is 1.80. The smallest absolute Gasteiger partial charge is 0.0464 e. The summed E-state index contributed by atoms with van der Waals surface area (Å²) in [6.07, 6.45) is 0. The molecule has 0 amide bonds. The molecule has 1 heterocycles. The van der Waals surface area contributed by atoms with E-state index in [1.165, 1.54) is 21.8 Å². The van der Waals surface area contributed by atoms with Gasteiger partial charge in [-0.3, -0.25) is 0 Å². The normalized spacial score (nSPS) is 9.60. The van der Waals surface area contributed by atoms with E-state index in [0.717, 1.165) is 0 Å². The second-order valence-corrected chi connectivity index (χ2v) is 3.22. The van der Waals surface area contributed by atoms with Crippen LogP contribution >= 0.6 is 0 Å². The Morgan fingerprint density at radius 3 is 1.47 bits per heavy atom. The Bertz CT molecular complexity index is 519. The summed E-state index contributed by atoms with van der Waals surface area (Å²) in [7, 11) is 0. The number of benzene rings is 2. The van der Waals surface area contributed by atoms with Crippen molar-refractivity contribution in [1.29, 1.82) is 0 Å². The molecule has 0 aliphatic rings. The van der Waals surface area contributed by atoms with E-state index in [2.05, 4.69) is 53.5 Å². The highest BCUT2D eigenvalue weighted by atomic mass is 14.7. The van der Waals surface area contributed by atoms with E-state index < -0.39 is 0 Å². The van der Waals surface area contributed by atoms with Gasteiger partial charge in [-0.2, -0.15) is 0 Å². The predicted octanol–water partition coefficient (Wildman–Crippen LogP) is 3.65. The van der Waals surface area contributed by atoms with Crippen molar-refractivity contribution in [2.75, 3.05) is 0 Å². The first-order valence-electron chi connectivity index (χ1n) is 4.40. The fourth-order valence-electron chi connectivity index (χ4n) is 1.80. The molecule has 0 radical (unpaired) electrons. The van der Waals surface area contributed by atoms with Gasteiger partial charge in [-0.15, -0.1) is 0 Å². The van der Waals surface area contributed by atoms with Gasteiger partial charge in [-0.05, 0) is 12.1 Å². The van der Waals surface area contributed by atoms with Crippen molar-refractivity contribution in [2.24, 2.45) is 0 Å². The summed E-state index contributed by atoms with van der Waals surface area (Å²) in [6, 6.07) is 16.8. The van der Waals surface area contributed by atoms with E-state index in [0.29, 0.717) is 0 Å². The quantitative estimate of drug-likeness (QED) is 0.518. The molecule has 15 heavy (non-hydrogen) atoms. The predicted molar refractivity (Wildman–Crippen MR) is 65.8 cm³/mol. The van der Waals surface area contributed by atoms with E-state index in [9.17, 15) is 0 Å². The molecule has 0 unspecified atom stereocenters. The molecule has 0 spiro atoms. The molecule has 0 aliphatic heterocycles. The zero-order chi connectivity index (χ0) is 8.67. The number of nitrogens with one attached hydrogen (secondary N) is 1. The second kappa shape index (κ2) is 4.13. The molecule has 7 N–H and O–H groups in total. The van der Waals surface area contributed by atoms with Crippen LogP contribution in [0, 0.1) is 0 Å². The molecule has 0 fully saturated rings. The third kappa shape index (κ3) is 1.58. The zero-order valence-corrected chi connectivity index (χ0v) is 8.53. The molecule has 3 heteroatoms. The van der Waals surface area contributed by atoms with Crippen LogP contribution in [0.25, 0.3) is 21.8 Å². The first-order chi connectivity index (χ1) is 6.45. The van der Waals surface area contributed by atoms with Gasteiger partial charge >= 0.3 is 0 Å². The summed E-state index contributed by atoms with van der Waals surface area (Å²) in [6.45, 7) is 0. The Balaban J connectivity index is 0.000000562. The Morgan fingerprint density at radius 1 is 0.600 bits per heavy atom. The number of hydrogen-bond donors (Lipinski definition) is 3. The van der Waals surface area contributed by atoms with Gasteiger partial charge in [0.15, 0.2) is 0 Å². The standard InChI is InChI=1S/C12H9N.2H3N/c1-3-7-11-9(5-1)10-6-2-4-8-12(10)13-11;;/h1-8,13H;2*1H3. The van der Waals surface area contributed by atoms with Gasteiger partial charge in [0.2, 0.25) is 0 Å². The van der Waals surface area contributed by atoms with Gasteiger partial charge in [0.1, 0.15) is 0 Å². The minimum atomic E-state index is 0. The van der Waals surface area contributed by atoms with E-state index in [-0.39, 0.29) is 12.3 Å². The number of H-pyrrole nitrogens is 1. The topological polar surface area (TPSA) is 85.8 Å². The molecule has 2 aromatic carbocycles.